The number of ether oxygens (including phenoxy) is 2. The van der Waals surface area contributed by atoms with Crippen LogP contribution in [0.4, 0.5) is 0 Å². The number of nitrogens with one attached hydrogen (secondary N) is 1. The van der Waals surface area contributed by atoms with Gasteiger partial charge in [-0.05, 0) is 43.7 Å². The lowest BCUT2D eigenvalue weighted by Crippen LogP contribution is -2.36. The Kier molecular flexibility index (Phi) is 5.88. The van der Waals surface area contributed by atoms with Gasteiger partial charge in [0.2, 0.25) is 0 Å². The minimum absolute atomic E-state index is 0.191. The number of amides is 1. The fraction of sp³-hybridized carbons (Fsp3) is 0.278. The summed E-state index contributed by atoms with van der Waals surface area (Å²) >= 11 is 5.98. The number of rotatable bonds is 6. The van der Waals surface area contributed by atoms with E-state index in [1.165, 1.54) is 0 Å². The zero-order valence-electron chi connectivity index (χ0n) is 13.4. The molecule has 0 heterocycles. The van der Waals surface area contributed by atoms with Crippen LogP contribution >= 0.6 is 11.6 Å². The van der Waals surface area contributed by atoms with Gasteiger partial charge in [-0.1, -0.05) is 29.8 Å². The van der Waals surface area contributed by atoms with Crippen LogP contribution in [0.5, 0.6) is 11.5 Å². The van der Waals surface area contributed by atoms with Crippen LogP contribution in [0, 0.1) is 6.92 Å². The maximum Gasteiger partial charge on any atom is 0.261 e. The molecule has 122 valence electrons. The third kappa shape index (κ3) is 4.63. The zero-order valence-corrected chi connectivity index (χ0v) is 14.2. The van der Waals surface area contributed by atoms with E-state index in [1.807, 2.05) is 37.3 Å². The monoisotopic (exact) mass is 333 g/mol. The molecule has 0 aliphatic heterocycles. The highest BCUT2D eigenvalue weighted by Gasteiger charge is 2.15. The molecule has 5 heteroatoms. The molecule has 23 heavy (non-hydrogen) atoms. The lowest BCUT2D eigenvalue weighted by molar-refractivity contribution is -0.127. The van der Waals surface area contributed by atoms with Crippen LogP contribution in [0.3, 0.4) is 0 Å². The van der Waals surface area contributed by atoms with Gasteiger partial charge in [-0.3, -0.25) is 4.79 Å². The molecule has 4 nitrogen and oxygen atoms in total. The van der Waals surface area contributed by atoms with Gasteiger partial charge in [-0.2, -0.15) is 0 Å². The van der Waals surface area contributed by atoms with Gasteiger partial charge in [0.05, 0.1) is 7.11 Å². The van der Waals surface area contributed by atoms with Crippen molar-refractivity contribution in [1.29, 1.82) is 0 Å². The van der Waals surface area contributed by atoms with Gasteiger partial charge in [0, 0.05) is 17.1 Å². The van der Waals surface area contributed by atoms with Crippen molar-refractivity contribution in [2.75, 3.05) is 7.11 Å². The van der Waals surface area contributed by atoms with Crippen molar-refractivity contribution in [1.82, 2.24) is 5.32 Å². The van der Waals surface area contributed by atoms with Crippen LogP contribution in [-0.4, -0.2) is 19.1 Å². The molecule has 2 aromatic carbocycles. The molecule has 0 saturated carbocycles. The zero-order chi connectivity index (χ0) is 16.8. The number of halogens is 1. The minimum atomic E-state index is -0.606. The fourth-order valence-electron chi connectivity index (χ4n) is 2.12. The van der Waals surface area contributed by atoms with Crippen molar-refractivity contribution in [2.24, 2.45) is 0 Å². The van der Waals surface area contributed by atoms with Crippen LogP contribution < -0.4 is 14.8 Å². The Balaban J connectivity index is 1.93. The minimum Gasteiger partial charge on any atom is -0.496 e. The van der Waals surface area contributed by atoms with Crippen molar-refractivity contribution in [3.8, 4) is 11.5 Å². The maximum absolute atomic E-state index is 12.2. The molecule has 2 rings (SSSR count). The lowest BCUT2D eigenvalue weighted by atomic mass is 10.2. The first kappa shape index (κ1) is 17.2. The van der Waals surface area contributed by atoms with Gasteiger partial charge in [0.25, 0.3) is 5.91 Å². The molecule has 1 amide bonds. The SMILES string of the molecule is COc1ccccc1CNC(=O)C(C)Oc1ccc(Cl)c(C)c1. The number of para-hydroxylation sites is 1. The highest BCUT2D eigenvalue weighted by Crippen LogP contribution is 2.22. The average molecular weight is 334 g/mol. The molecule has 1 atom stereocenters. The molecule has 1 N–H and O–H groups in total. The second-order valence-corrected chi connectivity index (χ2v) is 5.61. The van der Waals surface area contributed by atoms with Crippen molar-refractivity contribution < 1.29 is 14.3 Å². The molecule has 0 radical (unpaired) electrons. The normalized spacial score (nSPS) is 11.7. The summed E-state index contributed by atoms with van der Waals surface area (Å²) in [4.78, 5) is 12.2. The highest BCUT2D eigenvalue weighted by atomic mass is 35.5. The summed E-state index contributed by atoms with van der Waals surface area (Å²) in [5.41, 5.74) is 1.82. The van der Waals surface area contributed by atoms with Crippen molar-refractivity contribution in [3.63, 3.8) is 0 Å². The van der Waals surface area contributed by atoms with E-state index in [2.05, 4.69) is 5.32 Å². The Morgan fingerprint density at radius 3 is 2.70 bits per heavy atom. The summed E-state index contributed by atoms with van der Waals surface area (Å²) in [6.45, 7) is 3.99. The first-order valence-corrected chi connectivity index (χ1v) is 7.71. The van der Waals surface area contributed by atoms with E-state index in [4.69, 9.17) is 21.1 Å². The van der Waals surface area contributed by atoms with Gasteiger partial charge >= 0.3 is 0 Å². The van der Waals surface area contributed by atoms with Crippen molar-refractivity contribution >= 4 is 17.5 Å². The Bertz CT molecular complexity index is 688. The number of benzene rings is 2. The fourth-order valence-corrected chi connectivity index (χ4v) is 2.24. The van der Waals surface area contributed by atoms with E-state index in [0.29, 0.717) is 17.3 Å². The molecule has 1 unspecified atom stereocenters. The van der Waals surface area contributed by atoms with Crippen LogP contribution in [0.1, 0.15) is 18.1 Å². The van der Waals surface area contributed by atoms with E-state index in [0.717, 1.165) is 16.9 Å². The Morgan fingerprint density at radius 2 is 2.00 bits per heavy atom. The summed E-state index contributed by atoms with van der Waals surface area (Å²) in [6, 6.07) is 12.9. The quantitative estimate of drug-likeness (QED) is 0.876. The van der Waals surface area contributed by atoms with Gasteiger partial charge in [-0.25, -0.2) is 0 Å². The molecule has 0 fully saturated rings. The predicted molar refractivity (Wildman–Crippen MR) is 91.1 cm³/mol. The first-order valence-electron chi connectivity index (χ1n) is 7.33. The Hall–Kier alpha value is -2.20. The average Bonchev–Trinajstić information content (AvgIpc) is 2.56. The Morgan fingerprint density at radius 1 is 1.26 bits per heavy atom. The van der Waals surface area contributed by atoms with Gasteiger partial charge < -0.3 is 14.8 Å². The van der Waals surface area contributed by atoms with E-state index in [-0.39, 0.29) is 5.91 Å². The summed E-state index contributed by atoms with van der Waals surface area (Å²) in [5.74, 6) is 1.17. The van der Waals surface area contributed by atoms with Crippen LogP contribution in [0.2, 0.25) is 5.02 Å². The van der Waals surface area contributed by atoms with Crippen LogP contribution in [0.25, 0.3) is 0 Å². The third-order valence-corrected chi connectivity index (χ3v) is 3.88. The smallest absolute Gasteiger partial charge is 0.261 e. The van der Waals surface area contributed by atoms with Crippen LogP contribution in [0.15, 0.2) is 42.5 Å². The second kappa shape index (κ2) is 7.88. The number of hydrogen-bond donors (Lipinski definition) is 1. The molecule has 0 spiro atoms. The lowest BCUT2D eigenvalue weighted by Gasteiger charge is -2.16. The van der Waals surface area contributed by atoms with Crippen molar-refractivity contribution in [3.05, 3.63) is 58.6 Å². The molecular formula is C18H20ClNO3. The summed E-state index contributed by atoms with van der Waals surface area (Å²) < 4.78 is 10.9. The van der Waals surface area contributed by atoms with Crippen LogP contribution in [-0.2, 0) is 11.3 Å². The van der Waals surface area contributed by atoms with E-state index in [9.17, 15) is 4.79 Å². The highest BCUT2D eigenvalue weighted by molar-refractivity contribution is 6.31. The molecule has 0 aliphatic carbocycles. The number of carbonyl (C=O) groups is 1. The second-order valence-electron chi connectivity index (χ2n) is 5.20. The largest absolute Gasteiger partial charge is 0.496 e. The van der Waals surface area contributed by atoms with Gasteiger partial charge in [0.15, 0.2) is 6.10 Å². The van der Waals surface area contributed by atoms with Crippen molar-refractivity contribution in [2.45, 2.75) is 26.5 Å². The van der Waals surface area contributed by atoms with Gasteiger partial charge in [0.1, 0.15) is 11.5 Å². The summed E-state index contributed by atoms with van der Waals surface area (Å²) in [7, 11) is 1.61. The maximum atomic E-state index is 12.2. The molecule has 0 saturated heterocycles. The summed E-state index contributed by atoms with van der Waals surface area (Å²) in [6.07, 6.45) is -0.606. The topological polar surface area (TPSA) is 47.6 Å². The Labute approximate surface area is 141 Å². The first-order chi connectivity index (χ1) is 11.0. The molecular weight excluding hydrogens is 314 g/mol. The van der Waals surface area contributed by atoms with Gasteiger partial charge in [-0.15, -0.1) is 0 Å². The molecule has 2 aromatic rings. The number of aryl methyl sites for hydroxylation is 1. The van der Waals surface area contributed by atoms with E-state index in [1.54, 1.807) is 26.2 Å². The number of hydrogen-bond acceptors (Lipinski definition) is 3. The number of methoxy groups -OCH3 is 1. The molecule has 0 aromatic heterocycles. The van der Waals surface area contributed by atoms with E-state index < -0.39 is 6.10 Å². The molecule has 0 bridgehead atoms. The standard InChI is InChI=1S/C18H20ClNO3/c1-12-10-15(8-9-16(12)19)23-13(2)18(21)20-11-14-6-4-5-7-17(14)22-3/h4-10,13H,11H2,1-3H3,(H,20,21). The predicted octanol–water partition coefficient (Wildman–Crippen LogP) is 3.74. The summed E-state index contributed by atoms with van der Waals surface area (Å²) in [5, 5.41) is 3.52. The third-order valence-electron chi connectivity index (χ3n) is 3.46. The number of carbonyl (C=O) groups excluding carboxylic acids is 1. The molecule has 0 aliphatic rings. The van der Waals surface area contributed by atoms with E-state index >= 15 is 0 Å².